The fraction of sp³-hybridized carbons (Fsp3) is 0.200. The summed E-state index contributed by atoms with van der Waals surface area (Å²) in [6.45, 7) is 0. The zero-order valence-electron chi connectivity index (χ0n) is 7.53. The molecule has 0 N–H and O–H groups in total. The molecule has 3 nitrogen and oxygen atoms in total. The topological polar surface area (TPSA) is 27.7 Å². The minimum Gasteiger partial charge on any atom is -0.493 e. The van der Waals surface area contributed by atoms with E-state index in [-0.39, 0.29) is 0 Å². The number of hydrogen-bond acceptors (Lipinski definition) is 3. The summed E-state index contributed by atoms with van der Waals surface area (Å²) in [5, 5.41) is 0. The van der Waals surface area contributed by atoms with E-state index in [2.05, 4.69) is 16.9 Å². The largest absolute Gasteiger partial charge is 0.493 e. The molecule has 0 atom stereocenters. The second-order valence-electron chi connectivity index (χ2n) is 2.16. The first-order chi connectivity index (χ1) is 6.38. The lowest BCUT2D eigenvalue weighted by molar-refractivity contribution is 0.358. The maximum absolute atomic E-state index is 5.06. The predicted molar refractivity (Wildman–Crippen MR) is 48.4 cm³/mol. The van der Waals surface area contributed by atoms with E-state index in [1.807, 2.05) is 12.1 Å². The Morgan fingerprint density at radius 2 is 1.69 bits per heavy atom. The van der Waals surface area contributed by atoms with Crippen molar-refractivity contribution < 1.29 is 14.2 Å². The fourth-order valence-electron chi connectivity index (χ4n) is 0.821. The van der Waals surface area contributed by atoms with Crippen LogP contribution in [0.1, 0.15) is 0 Å². The first-order valence-electron chi connectivity index (χ1n) is 3.71. The van der Waals surface area contributed by atoms with Crippen LogP contribution in [0.2, 0.25) is 0 Å². The van der Waals surface area contributed by atoms with Gasteiger partial charge in [0.15, 0.2) is 23.7 Å². The van der Waals surface area contributed by atoms with Crippen molar-refractivity contribution in [3.8, 4) is 23.7 Å². The van der Waals surface area contributed by atoms with Gasteiger partial charge in [-0.3, -0.25) is 0 Å². The summed E-state index contributed by atoms with van der Waals surface area (Å²) in [6, 6.07) is 7.26. The van der Waals surface area contributed by atoms with Gasteiger partial charge in [0.05, 0.1) is 14.2 Å². The van der Waals surface area contributed by atoms with Crippen LogP contribution >= 0.6 is 0 Å². The zero-order valence-corrected chi connectivity index (χ0v) is 7.53. The minimum absolute atomic E-state index is 0.578. The van der Waals surface area contributed by atoms with Crippen LogP contribution in [0.5, 0.6) is 11.5 Å². The molecule has 0 spiro atoms. The third kappa shape index (κ3) is 2.60. The van der Waals surface area contributed by atoms with Gasteiger partial charge in [0.25, 0.3) is 0 Å². The molecule has 68 valence electrons. The molecule has 0 fully saturated rings. The third-order valence-corrected chi connectivity index (χ3v) is 1.37. The van der Waals surface area contributed by atoms with Gasteiger partial charge in [0.2, 0.25) is 0 Å². The number of para-hydroxylation sites is 2. The number of hydrogen-bond donors (Lipinski definition) is 0. The Balaban J connectivity index is 2.75. The molecule has 0 radical (unpaired) electrons. The summed E-state index contributed by atoms with van der Waals surface area (Å²) >= 11 is 0. The van der Waals surface area contributed by atoms with Gasteiger partial charge in [-0.25, -0.2) is 0 Å². The monoisotopic (exact) mass is 178 g/mol. The lowest BCUT2D eigenvalue weighted by atomic mass is 10.3. The van der Waals surface area contributed by atoms with Crippen LogP contribution < -0.4 is 9.47 Å². The van der Waals surface area contributed by atoms with Crippen LogP contribution in [0.25, 0.3) is 0 Å². The second-order valence-corrected chi connectivity index (χ2v) is 2.16. The number of rotatable bonds is 2. The van der Waals surface area contributed by atoms with E-state index < -0.39 is 0 Å². The molecule has 1 rings (SSSR count). The van der Waals surface area contributed by atoms with E-state index >= 15 is 0 Å². The third-order valence-electron chi connectivity index (χ3n) is 1.37. The highest BCUT2D eigenvalue weighted by molar-refractivity contribution is 5.40. The van der Waals surface area contributed by atoms with Crippen molar-refractivity contribution in [1.29, 1.82) is 0 Å². The molecule has 0 amide bonds. The average Bonchev–Trinajstić information content (AvgIpc) is 2.19. The summed E-state index contributed by atoms with van der Waals surface area (Å²) in [5.74, 6) is 1.22. The standard InChI is InChI=1S/C10H10O3/c1-11-7-8-13-10-6-4-3-5-9(10)12-2/h3-6H,1-2H3. The molecule has 0 saturated carbocycles. The van der Waals surface area contributed by atoms with Crippen molar-refractivity contribution in [2.75, 3.05) is 14.2 Å². The van der Waals surface area contributed by atoms with Crippen molar-refractivity contribution in [2.24, 2.45) is 0 Å². The van der Waals surface area contributed by atoms with E-state index in [1.54, 1.807) is 19.2 Å². The molecule has 0 heterocycles. The van der Waals surface area contributed by atoms with E-state index in [4.69, 9.17) is 9.47 Å². The maximum Gasteiger partial charge on any atom is 0.182 e. The van der Waals surface area contributed by atoms with Gasteiger partial charge in [0, 0.05) is 0 Å². The maximum atomic E-state index is 5.06. The molecule has 3 heteroatoms. The van der Waals surface area contributed by atoms with Gasteiger partial charge in [-0.05, 0) is 12.1 Å². The molecule has 0 aliphatic rings. The summed E-state index contributed by atoms with van der Waals surface area (Å²) in [6.07, 6.45) is 4.69. The smallest absolute Gasteiger partial charge is 0.182 e. The molecule has 1 aromatic rings. The van der Waals surface area contributed by atoms with Gasteiger partial charge in [-0.1, -0.05) is 12.1 Å². The Bertz CT molecular complexity index is 322. The van der Waals surface area contributed by atoms with Crippen molar-refractivity contribution in [3.63, 3.8) is 0 Å². The van der Waals surface area contributed by atoms with Crippen molar-refractivity contribution in [3.05, 3.63) is 24.3 Å². The molecule has 1 aromatic carbocycles. The van der Waals surface area contributed by atoms with E-state index in [1.165, 1.54) is 7.11 Å². The lowest BCUT2D eigenvalue weighted by Gasteiger charge is -2.03. The Labute approximate surface area is 77.2 Å². The van der Waals surface area contributed by atoms with Gasteiger partial charge < -0.3 is 14.2 Å². The molecule has 0 unspecified atom stereocenters. The molecule has 0 bridgehead atoms. The minimum atomic E-state index is 0.578. The Morgan fingerprint density at radius 1 is 1.00 bits per heavy atom. The zero-order chi connectivity index (χ0) is 9.52. The van der Waals surface area contributed by atoms with Crippen LogP contribution in [-0.4, -0.2) is 14.2 Å². The highest BCUT2D eigenvalue weighted by Gasteiger charge is 1.99. The van der Waals surface area contributed by atoms with Gasteiger partial charge in [0.1, 0.15) is 0 Å². The number of benzene rings is 1. The summed E-state index contributed by atoms with van der Waals surface area (Å²) in [7, 11) is 3.05. The Kier molecular flexibility index (Phi) is 3.52. The van der Waals surface area contributed by atoms with Crippen molar-refractivity contribution >= 4 is 0 Å². The fourth-order valence-corrected chi connectivity index (χ4v) is 0.821. The molecule has 13 heavy (non-hydrogen) atoms. The highest BCUT2D eigenvalue weighted by Crippen LogP contribution is 2.25. The average molecular weight is 178 g/mol. The van der Waals surface area contributed by atoms with Crippen LogP contribution in [0, 0.1) is 12.2 Å². The van der Waals surface area contributed by atoms with Crippen molar-refractivity contribution in [2.45, 2.75) is 0 Å². The van der Waals surface area contributed by atoms with Gasteiger partial charge in [-0.15, -0.1) is 0 Å². The molecule has 0 aliphatic carbocycles. The van der Waals surface area contributed by atoms with E-state index in [0.29, 0.717) is 11.5 Å². The van der Waals surface area contributed by atoms with Crippen LogP contribution in [0.4, 0.5) is 0 Å². The summed E-state index contributed by atoms with van der Waals surface area (Å²) < 4.78 is 14.6. The van der Waals surface area contributed by atoms with Crippen LogP contribution in [0.15, 0.2) is 24.3 Å². The van der Waals surface area contributed by atoms with Gasteiger partial charge >= 0.3 is 0 Å². The predicted octanol–water partition coefficient (Wildman–Crippen LogP) is 1.64. The Morgan fingerprint density at radius 3 is 2.31 bits per heavy atom. The molecule has 0 aromatic heterocycles. The Hall–Kier alpha value is -1.82. The SMILES string of the molecule is COC#COc1ccccc1OC. The summed E-state index contributed by atoms with van der Waals surface area (Å²) in [4.78, 5) is 0. The van der Waals surface area contributed by atoms with Gasteiger partial charge in [-0.2, -0.15) is 0 Å². The van der Waals surface area contributed by atoms with E-state index in [0.717, 1.165) is 0 Å². The molecular formula is C10H10O3. The lowest BCUT2D eigenvalue weighted by Crippen LogP contribution is -1.89. The molecule has 0 aliphatic heterocycles. The first-order valence-corrected chi connectivity index (χ1v) is 3.71. The second kappa shape index (κ2) is 4.94. The normalized spacial score (nSPS) is 8.15. The quantitative estimate of drug-likeness (QED) is 0.644. The summed E-state index contributed by atoms with van der Waals surface area (Å²) in [5.41, 5.74) is 0. The highest BCUT2D eigenvalue weighted by atomic mass is 16.5. The number of ether oxygens (including phenoxy) is 3. The molecular weight excluding hydrogens is 168 g/mol. The van der Waals surface area contributed by atoms with Crippen LogP contribution in [0.3, 0.4) is 0 Å². The molecule has 0 saturated heterocycles. The number of methoxy groups -OCH3 is 2. The first kappa shape index (κ1) is 9.27. The van der Waals surface area contributed by atoms with Crippen molar-refractivity contribution in [1.82, 2.24) is 0 Å². The van der Waals surface area contributed by atoms with E-state index in [9.17, 15) is 0 Å². The van der Waals surface area contributed by atoms with Crippen LogP contribution in [-0.2, 0) is 4.74 Å².